The normalized spacial score (nSPS) is 11.0. The van der Waals surface area contributed by atoms with Crippen molar-refractivity contribution in [3.63, 3.8) is 0 Å². The van der Waals surface area contributed by atoms with E-state index >= 15 is 0 Å². The van der Waals surface area contributed by atoms with Crippen LogP contribution in [0.3, 0.4) is 0 Å². The van der Waals surface area contributed by atoms with Gasteiger partial charge in [0.2, 0.25) is 5.91 Å². The Kier molecular flexibility index (Phi) is 5.65. The first-order valence-electron chi connectivity index (χ1n) is 9.66. The first-order valence-corrected chi connectivity index (χ1v) is 9.66. The molecule has 0 atom stereocenters. The fraction of sp³-hybridized carbons (Fsp3) is 0.227. The Balaban J connectivity index is 1.31. The summed E-state index contributed by atoms with van der Waals surface area (Å²) in [4.78, 5) is 32.4. The maximum absolute atomic E-state index is 12.7. The molecule has 0 saturated heterocycles. The second-order valence-electron chi connectivity index (χ2n) is 6.74. The lowest BCUT2D eigenvalue weighted by Crippen LogP contribution is -2.30. The molecule has 2 aromatic carbocycles. The Labute approximate surface area is 172 Å². The number of carbonyl (C=O) groups is 1. The van der Waals surface area contributed by atoms with Gasteiger partial charge in [-0.3, -0.25) is 14.2 Å². The van der Waals surface area contributed by atoms with Crippen LogP contribution in [0.4, 0.5) is 0 Å². The second kappa shape index (κ2) is 8.69. The third-order valence-electron chi connectivity index (χ3n) is 4.81. The number of ether oxygens (including phenoxy) is 2. The summed E-state index contributed by atoms with van der Waals surface area (Å²) in [5.41, 5.74) is 1.76. The second-order valence-corrected chi connectivity index (χ2v) is 6.74. The Morgan fingerprint density at radius 1 is 1.13 bits per heavy atom. The van der Waals surface area contributed by atoms with Crippen LogP contribution in [0, 0.1) is 0 Å². The molecule has 0 radical (unpaired) electrons. The minimum absolute atomic E-state index is 0.165. The minimum Gasteiger partial charge on any atom is -0.493 e. The van der Waals surface area contributed by atoms with Crippen LogP contribution in [-0.2, 0) is 11.3 Å². The first kappa shape index (κ1) is 19.5. The lowest BCUT2D eigenvalue weighted by molar-refractivity contribution is -0.121. The van der Waals surface area contributed by atoms with Gasteiger partial charge in [0.15, 0.2) is 11.5 Å². The Bertz CT molecular complexity index is 1240. The summed E-state index contributed by atoms with van der Waals surface area (Å²) < 4.78 is 12.3. The van der Waals surface area contributed by atoms with Crippen molar-refractivity contribution in [1.82, 2.24) is 19.9 Å². The van der Waals surface area contributed by atoms with Crippen molar-refractivity contribution >= 4 is 27.8 Å². The molecule has 2 N–H and O–H groups in total. The van der Waals surface area contributed by atoms with Crippen molar-refractivity contribution in [2.45, 2.75) is 13.0 Å². The largest absolute Gasteiger partial charge is 0.493 e. The van der Waals surface area contributed by atoms with Crippen molar-refractivity contribution in [3.8, 4) is 11.5 Å². The molecule has 0 unspecified atom stereocenters. The number of aryl methyl sites for hydroxylation is 1. The molecule has 0 aliphatic heterocycles. The number of carbonyl (C=O) groups excluding carboxylic acids is 1. The van der Waals surface area contributed by atoms with Gasteiger partial charge in [-0.15, -0.1) is 0 Å². The van der Waals surface area contributed by atoms with Crippen molar-refractivity contribution in [2.75, 3.05) is 20.3 Å². The van der Waals surface area contributed by atoms with Gasteiger partial charge in [0.1, 0.15) is 17.6 Å². The summed E-state index contributed by atoms with van der Waals surface area (Å²) in [6, 6.07) is 15.0. The van der Waals surface area contributed by atoms with Gasteiger partial charge in [0.25, 0.3) is 5.56 Å². The maximum atomic E-state index is 12.7. The molecule has 4 aromatic rings. The first-order chi connectivity index (χ1) is 14.7. The number of rotatable bonds is 8. The summed E-state index contributed by atoms with van der Waals surface area (Å²) in [7, 11) is 1.58. The number of aromatic nitrogens is 3. The van der Waals surface area contributed by atoms with E-state index in [4.69, 9.17) is 9.47 Å². The number of methoxy groups -OCH3 is 1. The summed E-state index contributed by atoms with van der Waals surface area (Å²) >= 11 is 0. The maximum Gasteiger partial charge on any atom is 0.277 e. The monoisotopic (exact) mass is 406 g/mol. The van der Waals surface area contributed by atoms with Gasteiger partial charge in [0, 0.05) is 23.9 Å². The SMILES string of the molecule is COc1ccccc1OCCNC(=O)CCn1cnc2c([nH]c3ccccc32)c1=O. The topological polar surface area (TPSA) is 98.2 Å². The zero-order chi connectivity index (χ0) is 20.9. The summed E-state index contributed by atoms with van der Waals surface area (Å²) in [5, 5.41) is 3.70. The van der Waals surface area contributed by atoms with Crippen LogP contribution in [0.1, 0.15) is 6.42 Å². The average Bonchev–Trinajstić information content (AvgIpc) is 3.16. The lowest BCUT2D eigenvalue weighted by atomic mass is 10.2. The molecule has 1 amide bonds. The molecule has 2 heterocycles. The number of benzene rings is 2. The summed E-state index contributed by atoms with van der Waals surface area (Å²) in [6.45, 7) is 0.913. The molecule has 0 fully saturated rings. The molecule has 0 bridgehead atoms. The van der Waals surface area contributed by atoms with Crippen LogP contribution >= 0.6 is 0 Å². The van der Waals surface area contributed by atoms with Crippen molar-refractivity contribution in [1.29, 1.82) is 0 Å². The van der Waals surface area contributed by atoms with Gasteiger partial charge in [-0.25, -0.2) is 4.98 Å². The van der Waals surface area contributed by atoms with E-state index in [-0.39, 0.29) is 24.4 Å². The average molecular weight is 406 g/mol. The molecular formula is C22H22N4O4. The number of nitrogens with zero attached hydrogens (tertiary/aromatic N) is 2. The van der Waals surface area contributed by atoms with Gasteiger partial charge in [-0.1, -0.05) is 30.3 Å². The van der Waals surface area contributed by atoms with Gasteiger partial charge < -0.3 is 19.8 Å². The quantitative estimate of drug-likeness (QED) is 0.438. The van der Waals surface area contributed by atoms with Gasteiger partial charge >= 0.3 is 0 Å². The number of H-pyrrole nitrogens is 1. The number of aromatic amines is 1. The number of amides is 1. The molecule has 8 nitrogen and oxygen atoms in total. The third-order valence-corrected chi connectivity index (χ3v) is 4.81. The summed E-state index contributed by atoms with van der Waals surface area (Å²) in [5.74, 6) is 1.10. The molecule has 0 aliphatic carbocycles. The molecule has 0 aliphatic rings. The van der Waals surface area contributed by atoms with Gasteiger partial charge in [-0.05, 0) is 18.2 Å². The van der Waals surface area contributed by atoms with E-state index in [2.05, 4.69) is 15.3 Å². The highest BCUT2D eigenvalue weighted by Crippen LogP contribution is 2.25. The lowest BCUT2D eigenvalue weighted by Gasteiger charge is -2.11. The highest BCUT2D eigenvalue weighted by Gasteiger charge is 2.11. The fourth-order valence-electron chi connectivity index (χ4n) is 3.30. The van der Waals surface area contributed by atoms with Crippen LogP contribution in [-0.4, -0.2) is 40.7 Å². The predicted molar refractivity (Wildman–Crippen MR) is 114 cm³/mol. The smallest absolute Gasteiger partial charge is 0.277 e. The Hall–Kier alpha value is -3.81. The zero-order valence-corrected chi connectivity index (χ0v) is 16.6. The molecular weight excluding hydrogens is 384 g/mol. The van der Waals surface area contributed by atoms with E-state index in [0.29, 0.717) is 35.7 Å². The molecule has 4 rings (SSSR count). The fourth-order valence-corrected chi connectivity index (χ4v) is 3.30. The number of fused-ring (bicyclic) bond motifs is 3. The van der Waals surface area contributed by atoms with Crippen LogP contribution in [0.2, 0.25) is 0 Å². The van der Waals surface area contributed by atoms with Gasteiger partial charge in [-0.2, -0.15) is 0 Å². The van der Waals surface area contributed by atoms with E-state index in [0.717, 1.165) is 10.9 Å². The van der Waals surface area contributed by atoms with Crippen LogP contribution in [0.25, 0.3) is 21.9 Å². The van der Waals surface area contributed by atoms with Crippen molar-refractivity contribution in [2.24, 2.45) is 0 Å². The van der Waals surface area contributed by atoms with E-state index in [1.165, 1.54) is 10.9 Å². The molecule has 30 heavy (non-hydrogen) atoms. The Morgan fingerprint density at radius 2 is 1.90 bits per heavy atom. The highest BCUT2D eigenvalue weighted by molar-refractivity contribution is 6.04. The zero-order valence-electron chi connectivity index (χ0n) is 16.6. The summed E-state index contributed by atoms with van der Waals surface area (Å²) in [6.07, 6.45) is 1.66. The van der Waals surface area contributed by atoms with E-state index in [1.54, 1.807) is 13.2 Å². The highest BCUT2D eigenvalue weighted by atomic mass is 16.5. The minimum atomic E-state index is -0.191. The van der Waals surface area contributed by atoms with Crippen LogP contribution in [0.5, 0.6) is 11.5 Å². The van der Waals surface area contributed by atoms with Crippen LogP contribution < -0.4 is 20.3 Å². The molecule has 0 saturated carbocycles. The molecule has 8 heteroatoms. The van der Waals surface area contributed by atoms with Crippen molar-refractivity contribution in [3.05, 3.63) is 65.2 Å². The number of hydrogen-bond donors (Lipinski definition) is 2. The molecule has 154 valence electrons. The Morgan fingerprint density at radius 3 is 2.73 bits per heavy atom. The van der Waals surface area contributed by atoms with Crippen molar-refractivity contribution < 1.29 is 14.3 Å². The van der Waals surface area contributed by atoms with E-state index in [9.17, 15) is 9.59 Å². The third kappa shape index (κ3) is 3.98. The van der Waals surface area contributed by atoms with Crippen LogP contribution in [0.15, 0.2) is 59.7 Å². The van der Waals surface area contributed by atoms with E-state index < -0.39 is 0 Å². The number of nitrogens with one attached hydrogen (secondary N) is 2. The predicted octanol–water partition coefficient (Wildman–Crippen LogP) is 2.47. The van der Waals surface area contributed by atoms with Gasteiger partial charge in [0.05, 0.1) is 20.0 Å². The van der Waals surface area contributed by atoms with E-state index in [1.807, 2.05) is 42.5 Å². The molecule has 0 spiro atoms. The number of para-hydroxylation sites is 3. The standard InChI is InChI=1S/C22H22N4O4/c1-29-17-8-4-5-9-18(17)30-13-11-23-19(27)10-12-26-14-24-20-15-6-2-3-7-16(15)25-21(20)22(26)28/h2-9,14,25H,10-13H2,1H3,(H,23,27). The number of hydrogen-bond acceptors (Lipinski definition) is 5. The molecule has 2 aromatic heterocycles.